The molecular formula is C14H21ClN2O3S. The smallest absolute Gasteiger partial charge is 0.215 e. The topological polar surface area (TPSA) is 49.9 Å². The van der Waals surface area contributed by atoms with E-state index < -0.39 is 10.0 Å². The third-order valence-corrected chi connectivity index (χ3v) is 5.74. The average Bonchev–Trinajstić information content (AvgIpc) is 2.49. The first kappa shape index (κ1) is 16.5. The van der Waals surface area contributed by atoms with Crippen LogP contribution >= 0.6 is 11.6 Å². The number of anilines is 1. The summed E-state index contributed by atoms with van der Waals surface area (Å²) < 4.78 is 30.4. The Kier molecular flexibility index (Phi) is 5.87. The van der Waals surface area contributed by atoms with E-state index in [-0.39, 0.29) is 11.6 Å². The van der Waals surface area contributed by atoms with Gasteiger partial charge >= 0.3 is 0 Å². The van der Waals surface area contributed by atoms with Crippen LogP contribution in [0, 0.1) is 0 Å². The molecule has 0 aliphatic carbocycles. The molecule has 5 nitrogen and oxygen atoms in total. The standard InChI is InChI=1S/C14H21ClN2O3S/c1-16(21(18,19)11-6-15)12-13-2-4-14(5-3-13)17-7-9-20-10-8-17/h2-5H,6-12H2,1H3. The molecule has 0 N–H and O–H groups in total. The van der Waals surface area contributed by atoms with Gasteiger partial charge in [-0.15, -0.1) is 11.6 Å². The number of nitrogens with zero attached hydrogens (tertiary/aromatic N) is 2. The first-order chi connectivity index (χ1) is 10.0. The molecule has 21 heavy (non-hydrogen) atoms. The second-order valence-corrected chi connectivity index (χ2v) is 7.60. The third kappa shape index (κ3) is 4.57. The van der Waals surface area contributed by atoms with E-state index in [9.17, 15) is 8.42 Å². The molecule has 118 valence electrons. The first-order valence-corrected chi connectivity index (χ1v) is 9.09. The lowest BCUT2D eigenvalue weighted by molar-refractivity contribution is 0.122. The minimum absolute atomic E-state index is 0.0308. The largest absolute Gasteiger partial charge is 0.378 e. The van der Waals surface area contributed by atoms with Gasteiger partial charge in [0, 0.05) is 38.2 Å². The Morgan fingerprint density at radius 1 is 1.24 bits per heavy atom. The lowest BCUT2D eigenvalue weighted by Gasteiger charge is -2.29. The SMILES string of the molecule is CN(Cc1ccc(N2CCOCC2)cc1)S(=O)(=O)CCCl. The van der Waals surface area contributed by atoms with E-state index in [1.165, 1.54) is 4.31 Å². The second kappa shape index (κ2) is 7.45. The molecule has 0 spiro atoms. The summed E-state index contributed by atoms with van der Waals surface area (Å²) in [5.74, 6) is 0.0829. The summed E-state index contributed by atoms with van der Waals surface area (Å²) in [4.78, 5) is 2.27. The van der Waals surface area contributed by atoms with Crippen molar-refractivity contribution in [1.29, 1.82) is 0 Å². The van der Waals surface area contributed by atoms with Crippen molar-refractivity contribution in [3.05, 3.63) is 29.8 Å². The summed E-state index contributed by atoms with van der Waals surface area (Å²) in [6.07, 6.45) is 0. The molecule has 1 aromatic carbocycles. The second-order valence-electron chi connectivity index (χ2n) is 5.03. The summed E-state index contributed by atoms with van der Waals surface area (Å²) >= 11 is 5.52. The van der Waals surface area contributed by atoms with E-state index in [2.05, 4.69) is 4.90 Å². The molecule has 1 aromatic rings. The Hall–Kier alpha value is -0.820. The van der Waals surface area contributed by atoms with E-state index in [0.717, 1.165) is 37.6 Å². The van der Waals surface area contributed by atoms with E-state index >= 15 is 0 Å². The molecule has 1 aliphatic rings. The molecule has 0 radical (unpaired) electrons. The number of morpholine rings is 1. The van der Waals surface area contributed by atoms with Gasteiger partial charge in [0.25, 0.3) is 0 Å². The number of halogens is 1. The number of hydrogen-bond acceptors (Lipinski definition) is 4. The van der Waals surface area contributed by atoms with Gasteiger partial charge in [-0.25, -0.2) is 12.7 Å². The zero-order valence-electron chi connectivity index (χ0n) is 12.2. The molecule has 0 unspecified atom stereocenters. The molecule has 0 amide bonds. The lowest BCUT2D eigenvalue weighted by Crippen LogP contribution is -2.36. The van der Waals surface area contributed by atoms with Crippen molar-refractivity contribution in [2.45, 2.75) is 6.54 Å². The summed E-state index contributed by atoms with van der Waals surface area (Å²) in [5.41, 5.74) is 2.11. The predicted octanol–water partition coefficient (Wildman–Crippen LogP) is 1.52. The zero-order chi connectivity index (χ0) is 15.3. The van der Waals surface area contributed by atoms with Gasteiger partial charge in [0.05, 0.1) is 19.0 Å². The average molecular weight is 333 g/mol. The predicted molar refractivity (Wildman–Crippen MR) is 85.4 cm³/mol. The highest BCUT2D eigenvalue weighted by atomic mass is 35.5. The van der Waals surface area contributed by atoms with Gasteiger partial charge in [0.2, 0.25) is 10.0 Å². The summed E-state index contributed by atoms with van der Waals surface area (Å²) in [7, 11) is -1.68. The molecule has 0 bridgehead atoms. The number of sulfonamides is 1. The molecule has 2 rings (SSSR count). The summed E-state index contributed by atoms with van der Waals surface area (Å²) in [5, 5.41) is 0. The Labute approximate surface area is 131 Å². The van der Waals surface area contributed by atoms with Gasteiger partial charge in [0.1, 0.15) is 0 Å². The van der Waals surface area contributed by atoms with Crippen molar-refractivity contribution in [2.24, 2.45) is 0 Å². The van der Waals surface area contributed by atoms with E-state index in [4.69, 9.17) is 16.3 Å². The highest BCUT2D eigenvalue weighted by Crippen LogP contribution is 2.18. The highest BCUT2D eigenvalue weighted by molar-refractivity contribution is 7.89. The normalized spacial score (nSPS) is 16.4. The van der Waals surface area contributed by atoms with Crippen LogP contribution in [0.5, 0.6) is 0 Å². The van der Waals surface area contributed by atoms with E-state index in [1.54, 1.807) is 7.05 Å². The van der Waals surface area contributed by atoms with E-state index in [0.29, 0.717) is 6.54 Å². The molecule has 0 saturated carbocycles. The zero-order valence-corrected chi connectivity index (χ0v) is 13.7. The number of rotatable bonds is 6. The molecule has 1 saturated heterocycles. The van der Waals surface area contributed by atoms with Crippen molar-refractivity contribution in [1.82, 2.24) is 4.31 Å². The fourth-order valence-electron chi connectivity index (χ4n) is 2.24. The summed E-state index contributed by atoms with van der Waals surface area (Å²) in [6, 6.07) is 8.00. The Morgan fingerprint density at radius 2 is 1.86 bits per heavy atom. The van der Waals surface area contributed by atoms with Crippen molar-refractivity contribution < 1.29 is 13.2 Å². The molecule has 1 aliphatic heterocycles. The molecular weight excluding hydrogens is 312 g/mol. The maximum atomic E-state index is 11.9. The van der Waals surface area contributed by atoms with Gasteiger partial charge in [-0.2, -0.15) is 0 Å². The van der Waals surface area contributed by atoms with E-state index in [1.807, 2.05) is 24.3 Å². The molecule has 1 fully saturated rings. The first-order valence-electron chi connectivity index (χ1n) is 6.94. The quantitative estimate of drug-likeness (QED) is 0.741. The van der Waals surface area contributed by atoms with Gasteiger partial charge in [-0.3, -0.25) is 0 Å². The van der Waals surface area contributed by atoms with Crippen LogP contribution in [0.2, 0.25) is 0 Å². The summed E-state index contributed by atoms with van der Waals surface area (Å²) in [6.45, 7) is 3.65. The number of hydrogen-bond donors (Lipinski definition) is 0. The van der Waals surface area contributed by atoms with Crippen LogP contribution in [0.3, 0.4) is 0 Å². The van der Waals surface area contributed by atoms with Crippen molar-refractivity contribution in [3.8, 4) is 0 Å². The van der Waals surface area contributed by atoms with Crippen LogP contribution < -0.4 is 4.90 Å². The van der Waals surface area contributed by atoms with Crippen LogP contribution in [-0.4, -0.2) is 57.7 Å². The Balaban J connectivity index is 1.99. The Bertz CT molecular complexity index is 542. The van der Waals surface area contributed by atoms with Crippen LogP contribution in [0.15, 0.2) is 24.3 Å². The monoisotopic (exact) mass is 332 g/mol. The maximum absolute atomic E-state index is 11.9. The minimum atomic E-state index is -3.26. The molecule has 1 heterocycles. The fraction of sp³-hybridized carbons (Fsp3) is 0.571. The number of ether oxygens (including phenoxy) is 1. The number of alkyl halides is 1. The minimum Gasteiger partial charge on any atom is -0.378 e. The van der Waals surface area contributed by atoms with Gasteiger partial charge in [0.15, 0.2) is 0 Å². The van der Waals surface area contributed by atoms with Crippen LogP contribution in [0.4, 0.5) is 5.69 Å². The van der Waals surface area contributed by atoms with Crippen molar-refractivity contribution in [2.75, 3.05) is 49.9 Å². The Morgan fingerprint density at radius 3 is 2.43 bits per heavy atom. The van der Waals surface area contributed by atoms with Crippen LogP contribution in [0.25, 0.3) is 0 Å². The maximum Gasteiger partial charge on any atom is 0.215 e. The molecule has 7 heteroatoms. The third-order valence-electron chi connectivity index (χ3n) is 3.53. The van der Waals surface area contributed by atoms with Crippen molar-refractivity contribution >= 4 is 27.3 Å². The molecule has 0 aromatic heterocycles. The van der Waals surface area contributed by atoms with Crippen molar-refractivity contribution in [3.63, 3.8) is 0 Å². The lowest BCUT2D eigenvalue weighted by atomic mass is 10.2. The van der Waals surface area contributed by atoms with Gasteiger partial charge < -0.3 is 9.64 Å². The fourth-order valence-corrected chi connectivity index (χ4v) is 3.68. The molecule has 0 atom stereocenters. The highest BCUT2D eigenvalue weighted by Gasteiger charge is 2.17. The van der Waals surface area contributed by atoms with Gasteiger partial charge in [-0.1, -0.05) is 12.1 Å². The van der Waals surface area contributed by atoms with Crippen LogP contribution in [0.1, 0.15) is 5.56 Å². The number of benzene rings is 1. The van der Waals surface area contributed by atoms with Crippen LogP contribution in [-0.2, 0) is 21.3 Å². The van der Waals surface area contributed by atoms with Gasteiger partial charge in [-0.05, 0) is 17.7 Å².